The SMILES string of the molecule is O=C(c1ccc2c(c1)[C@H]1[C@H]3CC[C@@H](C3)[C@H]1[C@H](c1ccccc1)N2)N1CCOCC1. The highest BCUT2D eigenvalue weighted by atomic mass is 16.5. The Labute approximate surface area is 172 Å². The van der Waals surface area contributed by atoms with E-state index >= 15 is 0 Å². The Hall–Kier alpha value is -2.33. The van der Waals surface area contributed by atoms with Gasteiger partial charge in [0.1, 0.15) is 0 Å². The van der Waals surface area contributed by atoms with Gasteiger partial charge in [0, 0.05) is 24.3 Å². The maximum absolute atomic E-state index is 13.1. The van der Waals surface area contributed by atoms with Crippen molar-refractivity contribution < 1.29 is 9.53 Å². The Morgan fingerprint density at radius 1 is 1.00 bits per heavy atom. The number of rotatable bonds is 2. The van der Waals surface area contributed by atoms with Gasteiger partial charge in [-0.3, -0.25) is 4.79 Å². The summed E-state index contributed by atoms with van der Waals surface area (Å²) < 4.78 is 5.42. The van der Waals surface area contributed by atoms with E-state index in [1.165, 1.54) is 36.1 Å². The van der Waals surface area contributed by atoms with E-state index in [9.17, 15) is 4.79 Å². The van der Waals surface area contributed by atoms with Crippen molar-refractivity contribution in [1.82, 2.24) is 4.90 Å². The predicted molar refractivity (Wildman–Crippen MR) is 113 cm³/mol. The molecule has 2 aliphatic carbocycles. The molecule has 2 saturated carbocycles. The number of ether oxygens (including phenoxy) is 1. The monoisotopic (exact) mass is 388 g/mol. The van der Waals surface area contributed by atoms with Crippen molar-refractivity contribution in [3.63, 3.8) is 0 Å². The van der Waals surface area contributed by atoms with Crippen LogP contribution in [0.3, 0.4) is 0 Å². The van der Waals surface area contributed by atoms with Crippen LogP contribution in [0.2, 0.25) is 0 Å². The van der Waals surface area contributed by atoms with Gasteiger partial charge in [0.15, 0.2) is 0 Å². The minimum absolute atomic E-state index is 0.154. The lowest BCUT2D eigenvalue weighted by atomic mass is 9.68. The molecular weight excluding hydrogens is 360 g/mol. The van der Waals surface area contributed by atoms with Crippen LogP contribution in [0.4, 0.5) is 5.69 Å². The first kappa shape index (κ1) is 17.5. The van der Waals surface area contributed by atoms with Gasteiger partial charge < -0.3 is 15.0 Å². The van der Waals surface area contributed by atoms with Gasteiger partial charge in [-0.2, -0.15) is 0 Å². The Bertz CT molecular complexity index is 922. The molecule has 29 heavy (non-hydrogen) atoms. The molecule has 4 heteroatoms. The first-order valence-electron chi connectivity index (χ1n) is 11.1. The molecule has 1 amide bonds. The molecule has 1 saturated heterocycles. The normalized spacial score (nSPS) is 32.4. The lowest BCUT2D eigenvalue weighted by Gasteiger charge is -2.43. The number of nitrogens with zero attached hydrogens (tertiary/aromatic N) is 1. The van der Waals surface area contributed by atoms with Gasteiger partial charge in [0.2, 0.25) is 0 Å². The highest BCUT2D eigenvalue weighted by Crippen LogP contribution is 2.63. The molecule has 0 spiro atoms. The van der Waals surface area contributed by atoms with Crippen LogP contribution in [0.1, 0.15) is 52.7 Å². The highest BCUT2D eigenvalue weighted by molar-refractivity contribution is 5.95. The lowest BCUT2D eigenvalue weighted by molar-refractivity contribution is 0.0303. The third-order valence-electron chi connectivity index (χ3n) is 7.79. The maximum Gasteiger partial charge on any atom is 0.254 e. The number of nitrogens with one attached hydrogen (secondary N) is 1. The molecule has 2 aromatic carbocycles. The zero-order valence-electron chi connectivity index (χ0n) is 16.7. The average molecular weight is 389 g/mol. The van der Waals surface area contributed by atoms with Crippen LogP contribution in [0, 0.1) is 17.8 Å². The quantitative estimate of drug-likeness (QED) is 0.826. The molecule has 150 valence electrons. The summed E-state index contributed by atoms with van der Waals surface area (Å²) in [6, 6.07) is 17.7. The highest BCUT2D eigenvalue weighted by Gasteiger charge is 2.53. The average Bonchev–Trinajstić information content (AvgIpc) is 3.42. The van der Waals surface area contributed by atoms with Crippen molar-refractivity contribution in [2.24, 2.45) is 17.8 Å². The largest absolute Gasteiger partial charge is 0.378 e. The molecule has 2 aliphatic heterocycles. The summed E-state index contributed by atoms with van der Waals surface area (Å²) in [5, 5.41) is 3.87. The van der Waals surface area contributed by atoms with Gasteiger partial charge in [-0.15, -0.1) is 0 Å². The lowest BCUT2D eigenvalue weighted by Crippen LogP contribution is -2.41. The minimum atomic E-state index is 0.154. The van der Waals surface area contributed by atoms with E-state index in [-0.39, 0.29) is 5.91 Å². The second-order valence-corrected chi connectivity index (χ2v) is 9.18. The summed E-state index contributed by atoms with van der Waals surface area (Å²) >= 11 is 0. The van der Waals surface area contributed by atoms with E-state index < -0.39 is 0 Å². The molecule has 0 aromatic heterocycles. The molecule has 0 radical (unpaired) electrons. The standard InChI is InChI=1S/C25H28N2O2/c28-25(27-10-12-29-13-11-27)19-8-9-21-20(15-19)22-17-6-7-18(14-17)23(22)24(26-21)16-4-2-1-3-5-16/h1-5,8-9,15,17-18,22-24,26H,6-7,10-14H2/t17-,18-,22+,23+,24-/m0/s1. The third-order valence-corrected chi connectivity index (χ3v) is 7.79. The zero-order valence-corrected chi connectivity index (χ0v) is 16.7. The van der Waals surface area contributed by atoms with E-state index in [0.717, 1.165) is 17.4 Å². The number of hydrogen-bond donors (Lipinski definition) is 1. The van der Waals surface area contributed by atoms with Crippen molar-refractivity contribution in [3.05, 3.63) is 65.2 Å². The summed E-state index contributed by atoms with van der Waals surface area (Å²) in [5.74, 6) is 2.94. The van der Waals surface area contributed by atoms with Crippen LogP contribution in [0.5, 0.6) is 0 Å². The first-order valence-corrected chi connectivity index (χ1v) is 11.1. The van der Waals surface area contributed by atoms with Crippen LogP contribution < -0.4 is 5.32 Å². The Balaban J connectivity index is 1.38. The predicted octanol–water partition coefficient (Wildman–Crippen LogP) is 4.46. The molecule has 2 bridgehead atoms. The number of carbonyl (C=O) groups excluding carboxylic acids is 1. The first-order chi connectivity index (χ1) is 14.3. The molecule has 4 nitrogen and oxygen atoms in total. The van der Waals surface area contributed by atoms with Gasteiger partial charge in [-0.05, 0) is 72.3 Å². The molecule has 2 heterocycles. The molecule has 6 rings (SSSR count). The minimum Gasteiger partial charge on any atom is -0.378 e. The van der Waals surface area contributed by atoms with Gasteiger partial charge in [-0.25, -0.2) is 0 Å². The summed E-state index contributed by atoms with van der Waals surface area (Å²) in [6.07, 6.45) is 4.05. The number of fused-ring (bicyclic) bond motifs is 7. The fourth-order valence-electron chi connectivity index (χ4n) is 6.56. The summed E-state index contributed by atoms with van der Waals surface area (Å²) in [4.78, 5) is 15.0. The van der Waals surface area contributed by atoms with E-state index in [1.54, 1.807) is 0 Å². The van der Waals surface area contributed by atoms with Crippen molar-refractivity contribution >= 4 is 11.6 Å². The second kappa shape index (κ2) is 6.88. The van der Waals surface area contributed by atoms with Crippen LogP contribution in [-0.2, 0) is 4.74 Å². The summed E-state index contributed by atoms with van der Waals surface area (Å²) in [7, 11) is 0. The van der Waals surface area contributed by atoms with Crippen molar-refractivity contribution in [1.29, 1.82) is 0 Å². The fourth-order valence-corrected chi connectivity index (χ4v) is 6.56. The Morgan fingerprint density at radius 2 is 1.79 bits per heavy atom. The summed E-state index contributed by atoms with van der Waals surface area (Å²) in [5.41, 5.74) is 4.85. The number of amides is 1. The van der Waals surface area contributed by atoms with Crippen LogP contribution in [0.25, 0.3) is 0 Å². The number of anilines is 1. The maximum atomic E-state index is 13.1. The number of morpholine rings is 1. The van der Waals surface area contributed by atoms with Crippen LogP contribution in [0.15, 0.2) is 48.5 Å². The zero-order chi connectivity index (χ0) is 19.4. The molecule has 2 aromatic rings. The van der Waals surface area contributed by atoms with E-state index in [2.05, 4.69) is 47.8 Å². The van der Waals surface area contributed by atoms with Crippen molar-refractivity contribution in [2.45, 2.75) is 31.2 Å². The third kappa shape index (κ3) is 2.80. The molecule has 0 unspecified atom stereocenters. The molecule has 1 N–H and O–H groups in total. The van der Waals surface area contributed by atoms with Gasteiger partial charge in [0.25, 0.3) is 5.91 Å². The fraction of sp³-hybridized carbons (Fsp3) is 0.480. The van der Waals surface area contributed by atoms with Gasteiger partial charge in [0.05, 0.1) is 19.3 Å². The van der Waals surface area contributed by atoms with E-state index in [0.29, 0.717) is 44.2 Å². The second-order valence-electron chi connectivity index (χ2n) is 9.18. The number of carbonyl (C=O) groups is 1. The molecule has 5 atom stereocenters. The molecule has 4 aliphatic rings. The van der Waals surface area contributed by atoms with Crippen LogP contribution in [-0.4, -0.2) is 37.1 Å². The topological polar surface area (TPSA) is 41.6 Å². The smallest absolute Gasteiger partial charge is 0.254 e. The summed E-state index contributed by atoms with van der Waals surface area (Å²) in [6.45, 7) is 2.68. The van der Waals surface area contributed by atoms with E-state index in [1.807, 2.05) is 11.0 Å². The van der Waals surface area contributed by atoms with Gasteiger partial charge in [-0.1, -0.05) is 30.3 Å². The van der Waals surface area contributed by atoms with E-state index in [4.69, 9.17) is 4.74 Å². The van der Waals surface area contributed by atoms with Crippen molar-refractivity contribution in [3.8, 4) is 0 Å². The number of hydrogen-bond acceptors (Lipinski definition) is 3. The Morgan fingerprint density at radius 3 is 2.62 bits per heavy atom. The molecule has 3 fully saturated rings. The molecular formula is C25H28N2O2. The van der Waals surface area contributed by atoms with Crippen LogP contribution >= 0.6 is 0 Å². The number of benzene rings is 2. The van der Waals surface area contributed by atoms with Crippen molar-refractivity contribution in [2.75, 3.05) is 31.6 Å². The Kier molecular flexibility index (Phi) is 4.15. The van der Waals surface area contributed by atoms with Gasteiger partial charge >= 0.3 is 0 Å².